The minimum absolute atomic E-state index is 0.00341. The van der Waals surface area contributed by atoms with E-state index in [1.165, 1.54) is 35.2 Å². The smallest absolute Gasteiger partial charge is 0.534 e. The lowest BCUT2D eigenvalue weighted by atomic mass is 9.72. The lowest BCUT2D eigenvalue weighted by Crippen LogP contribution is -2.56. The minimum Gasteiger partial charge on any atom is -0.534 e. The van der Waals surface area contributed by atoms with Crippen molar-refractivity contribution in [3.8, 4) is 23.0 Å². The average Bonchev–Trinajstić information content (AvgIpc) is 3.46. The van der Waals surface area contributed by atoms with E-state index < -0.39 is 94.0 Å². The number of hydrogen-bond acceptors (Lipinski definition) is 10. The number of aromatic hydroxyl groups is 3. The quantitative estimate of drug-likeness (QED) is 0.0851. The predicted molar refractivity (Wildman–Crippen MR) is 172 cm³/mol. The Morgan fingerprint density at radius 2 is 1.73 bits per heavy atom. The number of hydrogen-bond donors (Lipinski definition) is 8. The number of carboxylic acid groups (broad SMARTS) is 1. The van der Waals surface area contributed by atoms with Crippen molar-refractivity contribution in [2.24, 2.45) is 0 Å². The van der Waals surface area contributed by atoms with Gasteiger partial charge in [0, 0.05) is 37.3 Å². The fourth-order valence-corrected chi connectivity index (χ4v) is 5.76. The second kappa shape index (κ2) is 15.0. The van der Waals surface area contributed by atoms with Gasteiger partial charge in [0.1, 0.15) is 28.9 Å². The van der Waals surface area contributed by atoms with E-state index in [0.717, 1.165) is 11.0 Å². The van der Waals surface area contributed by atoms with E-state index in [9.17, 15) is 58.2 Å². The molecule has 0 bridgehead atoms. The Kier molecular flexibility index (Phi) is 10.7. The van der Waals surface area contributed by atoms with Crippen LogP contribution in [-0.2, 0) is 11.2 Å². The first kappa shape index (κ1) is 36.5. The molecule has 2 aliphatic heterocycles. The molecule has 268 valence electrons. The van der Waals surface area contributed by atoms with Gasteiger partial charge >= 0.3 is 25.1 Å². The van der Waals surface area contributed by atoms with Gasteiger partial charge in [-0.05, 0) is 54.8 Å². The third-order valence-electron chi connectivity index (χ3n) is 8.15. The number of carbonyl (C=O) groups is 5. The number of urea groups is 2. The summed E-state index contributed by atoms with van der Waals surface area (Å²) in [5.74, 6) is -9.99. The molecule has 1 unspecified atom stereocenters. The van der Waals surface area contributed by atoms with E-state index in [0.29, 0.717) is 18.1 Å². The highest BCUT2D eigenvalue weighted by atomic mass is 35.5. The van der Waals surface area contributed by atoms with Crippen LogP contribution in [0.3, 0.4) is 0 Å². The number of amides is 6. The van der Waals surface area contributed by atoms with Crippen LogP contribution in [0.1, 0.15) is 44.3 Å². The number of rotatable bonds is 10. The maximum absolute atomic E-state index is 14.6. The molecule has 3 aromatic carbocycles. The maximum Gasteiger partial charge on any atom is 0.547 e. The van der Waals surface area contributed by atoms with Crippen molar-refractivity contribution in [2.75, 3.05) is 26.2 Å². The number of aromatic carboxylic acids is 1. The fourth-order valence-electron chi connectivity index (χ4n) is 5.51. The summed E-state index contributed by atoms with van der Waals surface area (Å²) in [5.41, 5.74) is -0.984. The first-order valence-corrected chi connectivity index (χ1v) is 15.6. The highest BCUT2D eigenvalue weighted by Gasteiger charge is 2.42. The molecule has 6 amide bonds. The molecule has 0 saturated carbocycles. The molecule has 2 heterocycles. The molecule has 0 aliphatic carbocycles. The number of benzene rings is 3. The van der Waals surface area contributed by atoms with Gasteiger partial charge in [-0.1, -0.05) is 17.7 Å². The maximum atomic E-state index is 14.6. The van der Waals surface area contributed by atoms with Crippen molar-refractivity contribution < 1.29 is 62.9 Å². The Labute approximate surface area is 292 Å². The predicted octanol–water partition coefficient (Wildman–Crippen LogP) is 1.88. The molecule has 0 radical (unpaired) electrons. The Morgan fingerprint density at radius 3 is 2.41 bits per heavy atom. The molecular formula is C31H29BClF2N5O11. The lowest BCUT2D eigenvalue weighted by molar-refractivity contribution is -0.123. The number of fused-ring (bicyclic) bond motifs is 1. The van der Waals surface area contributed by atoms with Crippen LogP contribution < -0.4 is 20.6 Å². The van der Waals surface area contributed by atoms with Crippen molar-refractivity contribution in [3.63, 3.8) is 0 Å². The van der Waals surface area contributed by atoms with Gasteiger partial charge in [0.25, 0.3) is 5.91 Å². The van der Waals surface area contributed by atoms with Gasteiger partial charge in [-0.2, -0.15) is 0 Å². The molecular weight excluding hydrogens is 703 g/mol. The Balaban J connectivity index is 1.28. The zero-order valence-corrected chi connectivity index (χ0v) is 27.0. The van der Waals surface area contributed by atoms with E-state index in [2.05, 4.69) is 16.0 Å². The average molecular weight is 732 g/mol. The fraction of sp³-hybridized carbons (Fsp3) is 0.258. The molecule has 2 atom stereocenters. The number of imide groups is 1. The number of carboxylic acids is 1. The van der Waals surface area contributed by atoms with Crippen LogP contribution in [0.5, 0.6) is 23.0 Å². The molecule has 0 aromatic heterocycles. The molecule has 2 aliphatic rings. The summed E-state index contributed by atoms with van der Waals surface area (Å²) in [5, 5.41) is 55.9. The highest BCUT2D eigenvalue weighted by Crippen LogP contribution is 2.40. The normalized spacial score (nSPS) is 15.9. The Hall–Kier alpha value is -5.82. The number of nitrogens with zero attached hydrogens (tertiary/aromatic N) is 2. The zero-order chi connectivity index (χ0) is 37.1. The molecule has 8 N–H and O–H groups in total. The number of nitrogens with one attached hydrogen (secondary N) is 3. The van der Waals surface area contributed by atoms with E-state index in [4.69, 9.17) is 16.3 Å². The highest BCUT2D eigenvalue weighted by molar-refractivity contribution is 6.47. The van der Waals surface area contributed by atoms with Gasteiger partial charge in [-0.15, -0.1) is 0 Å². The summed E-state index contributed by atoms with van der Waals surface area (Å²) in [6, 6.07) is 4.32. The first-order chi connectivity index (χ1) is 24.2. The summed E-state index contributed by atoms with van der Waals surface area (Å²) in [6.45, 7) is 0.227. The standard InChI is InChI=1S/C31H29BClF2N5O11/c33-22-17(13-19(35)24(42)25(22)43)23(28(45)37-20-12-15-4-7-18(34)21(29(46)47)26(15)51-32(20)50)38-30(48)40-11-10-39(31(40)49)9-1-8-36-27(44)14-2-5-16(41)6-3-14/h2-7,13,20,23,41-43,50H,1,8-12H2,(H,36,44)(H,37,45)(H,38,48)(H,46,47)/t20-,23?/m0/s1. The summed E-state index contributed by atoms with van der Waals surface area (Å²) in [7, 11) is -1.93. The van der Waals surface area contributed by atoms with Crippen molar-refractivity contribution in [3.05, 3.63) is 81.4 Å². The molecule has 5 rings (SSSR count). The summed E-state index contributed by atoms with van der Waals surface area (Å²) in [4.78, 5) is 66.1. The first-order valence-electron chi connectivity index (χ1n) is 15.2. The second-order valence-corrected chi connectivity index (χ2v) is 11.8. The summed E-state index contributed by atoms with van der Waals surface area (Å²) in [6.07, 6.45) is 0.00852. The number of phenolic OH excluding ortho intramolecular Hbond substituents is 3. The van der Waals surface area contributed by atoms with Gasteiger partial charge in [0.05, 0.1) is 11.0 Å². The largest absolute Gasteiger partial charge is 0.547 e. The molecule has 51 heavy (non-hydrogen) atoms. The Morgan fingerprint density at radius 1 is 1.02 bits per heavy atom. The SMILES string of the molecule is O=C(NCCCN1CCN(C(=O)NC(C(=O)N[C@H]2Cc3ccc(F)c(C(=O)O)c3OB2O)c2cc(F)c(O)c(O)c2Cl)C1=O)c1ccc(O)cc1. The molecule has 0 spiro atoms. The van der Waals surface area contributed by atoms with Gasteiger partial charge in [0.15, 0.2) is 17.3 Å². The van der Waals surface area contributed by atoms with Crippen molar-refractivity contribution in [1.29, 1.82) is 0 Å². The van der Waals surface area contributed by atoms with Gasteiger partial charge in [0.2, 0.25) is 5.91 Å². The number of carbonyl (C=O) groups excluding carboxylic acids is 4. The van der Waals surface area contributed by atoms with Crippen molar-refractivity contribution >= 4 is 48.6 Å². The van der Waals surface area contributed by atoms with E-state index >= 15 is 0 Å². The van der Waals surface area contributed by atoms with Crippen LogP contribution in [0.15, 0.2) is 42.5 Å². The van der Waals surface area contributed by atoms with Crippen molar-refractivity contribution in [1.82, 2.24) is 25.8 Å². The zero-order valence-electron chi connectivity index (χ0n) is 26.2. The van der Waals surface area contributed by atoms with Gasteiger partial charge < -0.3 is 51.0 Å². The van der Waals surface area contributed by atoms with Crippen LogP contribution in [0.4, 0.5) is 18.4 Å². The van der Waals surface area contributed by atoms with Gasteiger partial charge in [-0.25, -0.2) is 28.1 Å². The number of phenols is 3. The number of halogens is 3. The van der Waals surface area contributed by atoms with Crippen LogP contribution in [-0.4, -0.2) is 104 Å². The van der Waals surface area contributed by atoms with E-state index in [1.807, 2.05) is 0 Å². The molecule has 20 heteroatoms. The van der Waals surface area contributed by atoms with Crippen LogP contribution >= 0.6 is 11.6 Å². The molecule has 3 aromatic rings. The Bertz CT molecular complexity index is 1900. The third kappa shape index (κ3) is 7.68. The monoisotopic (exact) mass is 731 g/mol. The topological polar surface area (TPSA) is 238 Å². The van der Waals surface area contributed by atoms with Crippen LogP contribution in [0.2, 0.25) is 5.02 Å². The minimum atomic E-state index is -1.96. The molecule has 1 saturated heterocycles. The lowest BCUT2D eigenvalue weighted by Gasteiger charge is -2.31. The molecule has 1 fully saturated rings. The summed E-state index contributed by atoms with van der Waals surface area (Å²) >= 11 is 6.14. The van der Waals surface area contributed by atoms with Crippen LogP contribution in [0.25, 0.3) is 0 Å². The van der Waals surface area contributed by atoms with Gasteiger partial charge in [-0.3, -0.25) is 9.59 Å². The van der Waals surface area contributed by atoms with Crippen molar-refractivity contribution in [2.45, 2.75) is 24.8 Å². The summed E-state index contributed by atoms with van der Waals surface area (Å²) < 4.78 is 34.0. The van der Waals surface area contributed by atoms with E-state index in [-0.39, 0.29) is 43.9 Å². The van der Waals surface area contributed by atoms with Crippen LogP contribution in [0, 0.1) is 11.6 Å². The van der Waals surface area contributed by atoms with E-state index in [1.54, 1.807) is 0 Å². The second-order valence-electron chi connectivity index (χ2n) is 11.5. The third-order valence-corrected chi connectivity index (χ3v) is 8.54. The molecule has 16 nitrogen and oxygen atoms in total.